The Morgan fingerprint density at radius 3 is 3.20 bits per heavy atom. The highest BCUT2D eigenvalue weighted by atomic mass is 32.1. The SMILES string of the molecule is CCCNc1snnc1Cn1cccn1. The molecule has 0 aliphatic heterocycles. The van der Waals surface area contributed by atoms with Gasteiger partial charge in [0.25, 0.3) is 0 Å². The van der Waals surface area contributed by atoms with Crippen molar-refractivity contribution in [3.8, 4) is 0 Å². The van der Waals surface area contributed by atoms with Gasteiger partial charge in [-0.15, -0.1) is 5.10 Å². The van der Waals surface area contributed by atoms with Crippen LogP contribution in [0.1, 0.15) is 19.0 Å². The van der Waals surface area contributed by atoms with Crippen molar-refractivity contribution in [3.05, 3.63) is 24.2 Å². The van der Waals surface area contributed by atoms with E-state index in [9.17, 15) is 0 Å². The molecule has 2 heterocycles. The summed E-state index contributed by atoms with van der Waals surface area (Å²) in [5.74, 6) is 0. The van der Waals surface area contributed by atoms with E-state index in [2.05, 4.69) is 26.9 Å². The fourth-order valence-electron chi connectivity index (χ4n) is 1.23. The first kappa shape index (κ1) is 10.1. The van der Waals surface area contributed by atoms with Crippen molar-refractivity contribution in [2.24, 2.45) is 0 Å². The minimum absolute atomic E-state index is 0.676. The third-order valence-corrected chi connectivity index (χ3v) is 2.69. The van der Waals surface area contributed by atoms with E-state index in [1.54, 1.807) is 6.20 Å². The van der Waals surface area contributed by atoms with E-state index < -0.39 is 0 Å². The van der Waals surface area contributed by atoms with E-state index in [0.717, 1.165) is 23.7 Å². The van der Waals surface area contributed by atoms with Crippen molar-refractivity contribution in [2.45, 2.75) is 19.9 Å². The Morgan fingerprint density at radius 1 is 1.53 bits per heavy atom. The van der Waals surface area contributed by atoms with Gasteiger partial charge >= 0.3 is 0 Å². The molecule has 0 aliphatic rings. The predicted octanol–water partition coefficient (Wildman–Crippen LogP) is 1.60. The molecule has 5 nitrogen and oxygen atoms in total. The maximum atomic E-state index is 4.14. The monoisotopic (exact) mass is 223 g/mol. The maximum Gasteiger partial charge on any atom is 0.135 e. The Balaban J connectivity index is 2.04. The Morgan fingerprint density at radius 2 is 2.47 bits per heavy atom. The molecule has 0 saturated carbocycles. The van der Waals surface area contributed by atoms with Gasteiger partial charge in [-0.05, 0) is 12.5 Å². The summed E-state index contributed by atoms with van der Waals surface area (Å²) in [7, 11) is 0. The number of nitrogens with one attached hydrogen (secondary N) is 1. The minimum atomic E-state index is 0.676. The third kappa shape index (κ3) is 2.53. The second kappa shape index (κ2) is 4.88. The van der Waals surface area contributed by atoms with Gasteiger partial charge in [-0.3, -0.25) is 4.68 Å². The highest BCUT2D eigenvalue weighted by Gasteiger charge is 2.07. The van der Waals surface area contributed by atoms with Gasteiger partial charge in [0.05, 0.1) is 6.54 Å². The predicted molar refractivity (Wildman–Crippen MR) is 60.0 cm³/mol. The van der Waals surface area contributed by atoms with Crippen LogP contribution in [0.15, 0.2) is 18.5 Å². The zero-order valence-electron chi connectivity index (χ0n) is 8.55. The second-order valence-corrected chi connectivity index (χ2v) is 3.93. The lowest BCUT2D eigenvalue weighted by Crippen LogP contribution is -2.05. The van der Waals surface area contributed by atoms with Crippen molar-refractivity contribution in [1.82, 2.24) is 19.4 Å². The van der Waals surface area contributed by atoms with Crippen molar-refractivity contribution in [2.75, 3.05) is 11.9 Å². The molecule has 0 unspecified atom stereocenters. The molecule has 15 heavy (non-hydrogen) atoms. The molecule has 0 radical (unpaired) electrons. The van der Waals surface area contributed by atoms with E-state index in [1.165, 1.54) is 11.5 Å². The summed E-state index contributed by atoms with van der Waals surface area (Å²) in [5.41, 5.74) is 0.956. The normalized spacial score (nSPS) is 10.5. The lowest BCUT2D eigenvalue weighted by molar-refractivity contribution is 0.671. The zero-order chi connectivity index (χ0) is 10.5. The summed E-state index contributed by atoms with van der Waals surface area (Å²) >= 11 is 1.40. The standard InChI is InChI=1S/C9H13N5S/c1-2-4-10-9-8(12-13-15-9)7-14-6-3-5-11-14/h3,5-6,10H,2,4,7H2,1H3. The smallest absolute Gasteiger partial charge is 0.135 e. The van der Waals surface area contributed by atoms with Crippen LogP contribution in [0, 0.1) is 0 Å². The highest BCUT2D eigenvalue weighted by molar-refractivity contribution is 7.10. The van der Waals surface area contributed by atoms with Crippen molar-refractivity contribution in [1.29, 1.82) is 0 Å². The number of nitrogens with zero attached hydrogens (tertiary/aromatic N) is 4. The van der Waals surface area contributed by atoms with E-state index in [1.807, 2.05) is 16.9 Å². The summed E-state index contributed by atoms with van der Waals surface area (Å²) in [4.78, 5) is 0. The molecule has 0 fully saturated rings. The molecule has 6 heteroatoms. The van der Waals surface area contributed by atoms with Gasteiger partial charge in [-0.2, -0.15) is 5.10 Å². The van der Waals surface area contributed by atoms with Gasteiger partial charge in [0, 0.05) is 30.5 Å². The Kier molecular flexibility index (Phi) is 3.29. The minimum Gasteiger partial charge on any atom is -0.374 e. The number of aromatic nitrogens is 4. The third-order valence-electron chi connectivity index (χ3n) is 1.96. The van der Waals surface area contributed by atoms with E-state index in [4.69, 9.17) is 0 Å². The van der Waals surface area contributed by atoms with Crippen molar-refractivity contribution >= 4 is 16.5 Å². The quantitative estimate of drug-likeness (QED) is 0.836. The molecule has 0 amide bonds. The average molecular weight is 223 g/mol. The van der Waals surface area contributed by atoms with Crippen LogP contribution >= 0.6 is 11.5 Å². The van der Waals surface area contributed by atoms with Crippen LogP contribution in [0.5, 0.6) is 0 Å². The number of hydrogen-bond acceptors (Lipinski definition) is 5. The summed E-state index contributed by atoms with van der Waals surface area (Å²) in [5, 5.41) is 12.6. The van der Waals surface area contributed by atoms with Gasteiger partial charge in [0.1, 0.15) is 10.7 Å². The fourth-order valence-corrected chi connectivity index (χ4v) is 1.83. The molecule has 80 valence electrons. The first-order valence-corrected chi connectivity index (χ1v) is 5.70. The average Bonchev–Trinajstić information content (AvgIpc) is 2.87. The number of anilines is 1. The number of hydrogen-bond donors (Lipinski definition) is 1. The molecule has 0 saturated heterocycles. The van der Waals surface area contributed by atoms with Gasteiger partial charge < -0.3 is 5.32 Å². The van der Waals surface area contributed by atoms with Crippen molar-refractivity contribution in [3.63, 3.8) is 0 Å². The largest absolute Gasteiger partial charge is 0.374 e. The number of rotatable bonds is 5. The zero-order valence-corrected chi connectivity index (χ0v) is 9.37. The van der Waals surface area contributed by atoms with E-state index in [-0.39, 0.29) is 0 Å². The molecule has 2 rings (SSSR count). The van der Waals surface area contributed by atoms with Gasteiger partial charge in [0.2, 0.25) is 0 Å². The maximum absolute atomic E-state index is 4.14. The second-order valence-electron chi connectivity index (χ2n) is 3.18. The lowest BCUT2D eigenvalue weighted by Gasteiger charge is -2.03. The lowest BCUT2D eigenvalue weighted by atomic mass is 10.4. The van der Waals surface area contributed by atoms with Gasteiger partial charge in [-0.1, -0.05) is 11.4 Å². The Bertz CT molecular complexity index is 394. The Hall–Kier alpha value is -1.43. The highest BCUT2D eigenvalue weighted by Crippen LogP contribution is 2.18. The molecule has 0 aromatic carbocycles. The van der Waals surface area contributed by atoms with E-state index >= 15 is 0 Å². The topological polar surface area (TPSA) is 55.6 Å². The molecule has 2 aromatic rings. The molecular formula is C9H13N5S. The molecule has 2 aromatic heterocycles. The van der Waals surface area contributed by atoms with Crippen LogP contribution < -0.4 is 5.32 Å². The van der Waals surface area contributed by atoms with Crippen LogP contribution in [-0.4, -0.2) is 25.9 Å². The summed E-state index contributed by atoms with van der Waals surface area (Å²) in [6.07, 6.45) is 4.78. The molecule has 0 bridgehead atoms. The molecule has 0 atom stereocenters. The van der Waals surface area contributed by atoms with Crippen LogP contribution in [0.3, 0.4) is 0 Å². The summed E-state index contributed by atoms with van der Waals surface area (Å²) < 4.78 is 5.78. The molecule has 1 N–H and O–H groups in total. The Labute approximate surface area is 92.3 Å². The summed E-state index contributed by atoms with van der Waals surface area (Å²) in [6, 6.07) is 1.90. The first-order valence-electron chi connectivity index (χ1n) is 4.92. The van der Waals surface area contributed by atoms with Crippen LogP contribution in [-0.2, 0) is 6.54 Å². The summed E-state index contributed by atoms with van der Waals surface area (Å²) in [6.45, 7) is 3.76. The van der Waals surface area contributed by atoms with Crippen LogP contribution in [0.25, 0.3) is 0 Å². The molecule has 0 aliphatic carbocycles. The first-order chi connectivity index (χ1) is 7.40. The van der Waals surface area contributed by atoms with Gasteiger partial charge in [0.15, 0.2) is 0 Å². The van der Waals surface area contributed by atoms with E-state index in [0.29, 0.717) is 6.54 Å². The van der Waals surface area contributed by atoms with Crippen molar-refractivity contribution < 1.29 is 0 Å². The van der Waals surface area contributed by atoms with Crippen LogP contribution in [0.4, 0.5) is 5.00 Å². The molecular weight excluding hydrogens is 210 g/mol. The fraction of sp³-hybridized carbons (Fsp3) is 0.444. The van der Waals surface area contributed by atoms with Gasteiger partial charge in [-0.25, -0.2) is 0 Å². The van der Waals surface area contributed by atoms with Crippen LogP contribution in [0.2, 0.25) is 0 Å². The molecule has 0 spiro atoms.